The Labute approximate surface area is 149 Å². The Morgan fingerprint density at radius 1 is 1.24 bits per heavy atom. The third-order valence-corrected chi connectivity index (χ3v) is 6.40. The van der Waals surface area contributed by atoms with Gasteiger partial charge in [0.05, 0.1) is 12.4 Å². The molecule has 8 heteroatoms. The fourth-order valence-corrected chi connectivity index (χ4v) is 4.08. The van der Waals surface area contributed by atoms with Crippen LogP contribution < -0.4 is 10.6 Å². The summed E-state index contributed by atoms with van der Waals surface area (Å²) in [6.07, 6.45) is 0.833. The lowest BCUT2D eigenvalue weighted by Gasteiger charge is -2.41. The summed E-state index contributed by atoms with van der Waals surface area (Å²) < 4.78 is 30.6. The second-order valence-electron chi connectivity index (χ2n) is 6.12. The van der Waals surface area contributed by atoms with Gasteiger partial charge in [0.25, 0.3) is 0 Å². The maximum absolute atomic E-state index is 12.8. The van der Waals surface area contributed by atoms with Crippen molar-refractivity contribution in [2.45, 2.75) is 25.3 Å². The van der Waals surface area contributed by atoms with Gasteiger partial charge >= 0.3 is 0 Å². The van der Waals surface area contributed by atoms with Gasteiger partial charge in [0, 0.05) is 32.4 Å². The lowest BCUT2D eigenvalue weighted by atomic mass is 9.86. The van der Waals surface area contributed by atoms with Crippen LogP contribution in [0.15, 0.2) is 30.3 Å². The summed E-state index contributed by atoms with van der Waals surface area (Å²) in [5, 5.41) is 6.22. The minimum Gasteiger partial charge on any atom is -0.383 e. The lowest BCUT2D eigenvalue weighted by molar-refractivity contribution is -0.126. The predicted octanol–water partition coefficient (Wildman–Crippen LogP) is 1.05. The molecule has 0 spiro atoms. The molecule has 0 aliphatic carbocycles. The molecule has 0 atom stereocenters. The number of carbonyl (C=O) groups is 1. The number of hydrogen-bond acceptors (Lipinski definition) is 5. The highest BCUT2D eigenvalue weighted by molar-refractivity contribution is 7.89. The topological polar surface area (TPSA) is 87.7 Å². The van der Waals surface area contributed by atoms with E-state index < -0.39 is 15.6 Å². The normalized spacial score (nSPS) is 17.8. The number of nitrogens with zero attached hydrogens (tertiary/aromatic N) is 1. The van der Waals surface area contributed by atoms with Crippen molar-refractivity contribution in [2.75, 3.05) is 44.4 Å². The molecule has 1 aliphatic rings. The Morgan fingerprint density at radius 3 is 2.44 bits per heavy atom. The molecule has 0 aromatic heterocycles. The Bertz CT molecular complexity index is 656. The van der Waals surface area contributed by atoms with Crippen molar-refractivity contribution in [1.82, 2.24) is 9.62 Å². The second kappa shape index (κ2) is 8.64. The van der Waals surface area contributed by atoms with E-state index in [4.69, 9.17) is 4.74 Å². The van der Waals surface area contributed by atoms with Crippen LogP contribution in [-0.4, -0.2) is 63.3 Å². The van der Waals surface area contributed by atoms with Crippen LogP contribution in [0.2, 0.25) is 0 Å². The summed E-state index contributed by atoms with van der Waals surface area (Å²) in [5.74, 6) is -0.0477. The van der Waals surface area contributed by atoms with Gasteiger partial charge < -0.3 is 15.4 Å². The lowest BCUT2D eigenvalue weighted by Crippen LogP contribution is -2.59. The van der Waals surface area contributed by atoms with Crippen LogP contribution in [0.1, 0.15) is 19.8 Å². The largest absolute Gasteiger partial charge is 0.383 e. The quantitative estimate of drug-likeness (QED) is 0.669. The number of nitrogens with one attached hydrogen (secondary N) is 2. The molecule has 1 aromatic rings. The van der Waals surface area contributed by atoms with Crippen LogP contribution in [0.4, 0.5) is 5.69 Å². The summed E-state index contributed by atoms with van der Waals surface area (Å²) in [4.78, 5) is 12.8. The number of amides is 1. The molecular weight excluding hydrogens is 342 g/mol. The van der Waals surface area contributed by atoms with Crippen LogP contribution in [0.25, 0.3) is 0 Å². The molecule has 140 valence electrons. The van der Waals surface area contributed by atoms with E-state index in [0.29, 0.717) is 39.1 Å². The highest BCUT2D eigenvalue weighted by Crippen LogP contribution is 2.29. The Hall–Kier alpha value is -1.64. The third kappa shape index (κ3) is 4.93. The van der Waals surface area contributed by atoms with Gasteiger partial charge in [-0.1, -0.05) is 18.2 Å². The highest BCUT2D eigenvalue weighted by atomic mass is 32.2. The zero-order chi connectivity index (χ0) is 18.3. The maximum atomic E-state index is 12.8. The molecule has 2 N–H and O–H groups in total. The van der Waals surface area contributed by atoms with E-state index >= 15 is 0 Å². The first-order chi connectivity index (χ1) is 11.9. The van der Waals surface area contributed by atoms with Crippen LogP contribution in [0.5, 0.6) is 0 Å². The van der Waals surface area contributed by atoms with Crippen molar-refractivity contribution in [1.29, 1.82) is 0 Å². The number of hydrogen-bond donors (Lipinski definition) is 2. The first kappa shape index (κ1) is 19.7. The highest BCUT2D eigenvalue weighted by Gasteiger charge is 2.43. The number of methoxy groups -OCH3 is 1. The van der Waals surface area contributed by atoms with E-state index in [-0.39, 0.29) is 11.7 Å². The van der Waals surface area contributed by atoms with Crippen LogP contribution in [-0.2, 0) is 19.6 Å². The molecule has 1 aromatic carbocycles. The minimum atomic E-state index is -3.24. The van der Waals surface area contributed by atoms with E-state index in [0.717, 1.165) is 5.69 Å². The van der Waals surface area contributed by atoms with Crippen molar-refractivity contribution in [2.24, 2.45) is 0 Å². The molecule has 1 fully saturated rings. The zero-order valence-corrected chi connectivity index (χ0v) is 15.6. The number of sulfonamides is 1. The van der Waals surface area contributed by atoms with Gasteiger partial charge in [-0.25, -0.2) is 12.7 Å². The molecule has 7 nitrogen and oxygen atoms in total. The molecule has 1 amide bonds. The molecule has 0 saturated carbocycles. The Morgan fingerprint density at radius 2 is 1.88 bits per heavy atom. The van der Waals surface area contributed by atoms with Gasteiger partial charge in [-0.15, -0.1) is 0 Å². The number of ether oxygens (including phenoxy) is 1. The number of benzene rings is 1. The molecule has 0 radical (unpaired) electrons. The van der Waals surface area contributed by atoms with Gasteiger partial charge in [0.1, 0.15) is 5.54 Å². The predicted molar refractivity (Wildman–Crippen MR) is 97.9 cm³/mol. The fraction of sp³-hybridized carbons (Fsp3) is 0.588. The minimum absolute atomic E-state index is 0.0755. The van der Waals surface area contributed by atoms with Gasteiger partial charge in [-0.05, 0) is 31.9 Å². The molecule has 0 unspecified atom stereocenters. The van der Waals surface area contributed by atoms with Crippen molar-refractivity contribution in [3.63, 3.8) is 0 Å². The molecular formula is C17H27N3O4S. The Kier molecular flexibility index (Phi) is 6.80. The molecule has 1 heterocycles. The van der Waals surface area contributed by atoms with Crippen molar-refractivity contribution < 1.29 is 17.9 Å². The second-order valence-corrected chi connectivity index (χ2v) is 8.38. The van der Waals surface area contributed by atoms with E-state index in [9.17, 15) is 13.2 Å². The summed E-state index contributed by atoms with van der Waals surface area (Å²) in [7, 11) is -1.66. The first-order valence-corrected chi connectivity index (χ1v) is 10.1. The number of piperidine rings is 1. The van der Waals surface area contributed by atoms with E-state index in [1.54, 1.807) is 14.0 Å². The average Bonchev–Trinajstić information content (AvgIpc) is 2.63. The van der Waals surface area contributed by atoms with E-state index in [1.807, 2.05) is 30.3 Å². The number of para-hydroxylation sites is 1. The van der Waals surface area contributed by atoms with Gasteiger partial charge in [-0.2, -0.15) is 0 Å². The third-order valence-electron chi connectivity index (χ3n) is 4.52. The number of anilines is 1. The first-order valence-electron chi connectivity index (χ1n) is 8.52. The van der Waals surface area contributed by atoms with Gasteiger partial charge in [0.15, 0.2) is 0 Å². The smallest absolute Gasteiger partial charge is 0.245 e. The summed E-state index contributed by atoms with van der Waals surface area (Å²) in [6, 6.07) is 9.51. The van der Waals surface area contributed by atoms with Crippen molar-refractivity contribution in [3.8, 4) is 0 Å². The molecule has 25 heavy (non-hydrogen) atoms. The van der Waals surface area contributed by atoms with Gasteiger partial charge in [0.2, 0.25) is 15.9 Å². The molecule has 0 bridgehead atoms. The fourth-order valence-electron chi connectivity index (χ4n) is 2.97. The summed E-state index contributed by atoms with van der Waals surface area (Å²) >= 11 is 0. The van der Waals surface area contributed by atoms with Gasteiger partial charge in [-0.3, -0.25) is 4.79 Å². The summed E-state index contributed by atoms with van der Waals surface area (Å²) in [5.41, 5.74) is 0.0191. The monoisotopic (exact) mass is 369 g/mol. The standard InChI is InChI=1S/C17H27N3O4S/c1-3-25(22,23)20-12-9-17(10-13-20,16(21)18-11-14-24-2)19-15-7-5-4-6-8-15/h4-8,19H,3,9-14H2,1-2H3,(H,18,21). The molecule has 1 aliphatic heterocycles. The average molecular weight is 369 g/mol. The Balaban J connectivity index is 2.15. The molecule has 2 rings (SSSR count). The maximum Gasteiger partial charge on any atom is 0.245 e. The van der Waals surface area contributed by atoms with Crippen molar-refractivity contribution in [3.05, 3.63) is 30.3 Å². The van der Waals surface area contributed by atoms with Crippen LogP contribution in [0.3, 0.4) is 0 Å². The number of carbonyl (C=O) groups excluding carboxylic acids is 1. The number of rotatable bonds is 8. The van der Waals surface area contributed by atoms with Crippen LogP contribution in [0, 0.1) is 0 Å². The SMILES string of the molecule is CCS(=O)(=O)N1CCC(Nc2ccccc2)(C(=O)NCCOC)CC1. The van der Waals surface area contributed by atoms with E-state index in [1.165, 1.54) is 4.31 Å². The van der Waals surface area contributed by atoms with Crippen LogP contribution >= 0.6 is 0 Å². The van der Waals surface area contributed by atoms with Crippen molar-refractivity contribution >= 4 is 21.6 Å². The zero-order valence-electron chi connectivity index (χ0n) is 14.8. The van der Waals surface area contributed by atoms with E-state index in [2.05, 4.69) is 10.6 Å². The summed E-state index contributed by atoms with van der Waals surface area (Å²) in [6.45, 7) is 3.15. The molecule has 1 saturated heterocycles.